The van der Waals surface area contributed by atoms with Gasteiger partial charge in [-0.15, -0.1) is 0 Å². The molecule has 0 spiro atoms. The fourth-order valence-electron chi connectivity index (χ4n) is 2.95. The number of halogens is 2. The number of anilines is 2. The predicted molar refractivity (Wildman–Crippen MR) is 106 cm³/mol. The van der Waals surface area contributed by atoms with Crippen LogP contribution in [0.3, 0.4) is 0 Å². The lowest BCUT2D eigenvalue weighted by atomic mass is 10.2. The highest BCUT2D eigenvalue weighted by molar-refractivity contribution is 6.30. The molecule has 1 fully saturated rings. The van der Waals surface area contributed by atoms with Crippen LogP contribution in [0.5, 0.6) is 5.75 Å². The van der Waals surface area contributed by atoms with Crippen molar-refractivity contribution < 1.29 is 13.9 Å². The average molecular weight is 392 g/mol. The number of urea groups is 1. The second-order valence-electron chi connectivity index (χ2n) is 6.51. The van der Waals surface area contributed by atoms with Gasteiger partial charge >= 0.3 is 6.03 Å². The van der Waals surface area contributed by atoms with Gasteiger partial charge in [-0.3, -0.25) is 0 Å². The molecule has 0 aliphatic carbocycles. The zero-order chi connectivity index (χ0) is 19.2. The number of benzene rings is 2. The van der Waals surface area contributed by atoms with Crippen LogP contribution in [0.1, 0.15) is 12.8 Å². The first-order valence-corrected chi connectivity index (χ1v) is 9.36. The highest BCUT2D eigenvalue weighted by atomic mass is 35.5. The number of nitrogens with zero attached hydrogens (tertiary/aromatic N) is 2. The Bertz CT molecular complexity index is 779. The third-order valence-corrected chi connectivity index (χ3v) is 4.75. The van der Waals surface area contributed by atoms with Crippen molar-refractivity contribution in [2.45, 2.75) is 12.8 Å². The summed E-state index contributed by atoms with van der Waals surface area (Å²) >= 11 is 5.83. The van der Waals surface area contributed by atoms with Gasteiger partial charge in [-0.05, 0) is 55.3 Å². The summed E-state index contributed by atoms with van der Waals surface area (Å²) in [5.41, 5.74) is 1.03. The summed E-state index contributed by atoms with van der Waals surface area (Å²) < 4.78 is 19.9. The smallest absolute Gasteiger partial charge is 0.321 e. The van der Waals surface area contributed by atoms with E-state index in [9.17, 15) is 9.18 Å². The molecule has 1 saturated heterocycles. The molecule has 2 aromatic rings. The largest absolute Gasteiger partial charge is 0.492 e. The Kier molecular flexibility index (Phi) is 6.40. The maximum atomic E-state index is 14.3. The van der Waals surface area contributed by atoms with Crippen LogP contribution in [0.25, 0.3) is 0 Å². The second kappa shape index (κ2) is 8.95. The van der Waals surface area contributed by atoms with E-state index in [1.807, 2.05) is 4.90 Å². The lowest BCUT2D eigenvalue weighted by molar-refractivity contribution is 0.207. The molecule has 0 unspecified atom stereocenters. The SMILES string of the molecule is CN(CCOc1ccc(Cl)cc1)C(=O)Nc1ccc(N2CCCC2)c(F)c1. The average Bonchev–Trinajstić information content (AvgIpc) is 3.17. The molecule has 0 atom stereocenters. The normalized spacial score (nSPS) is 13.5. The van der Waals surface area contributed by atoms with Crippen molar-refractivity contribution in [3.05, 3.63) is 53.3 Å². The van der Waals surface area contributed by atoms with Gasteiger partial charge < -0.3 is 19.9 Å². The molecule has 1 heterocycles. The van der Waals surface area contributed by atoms with Gasteiger partial charge in [-0.1, -0.05) is 11.6 Å². The van der Waals surface area contributed by atoms with Crippen molar-refractivity contribution in [3.8, 4) is 5.75 Å². The van der Waals surface area contributed by atoms with Crippen LogP contribution < -0.4 is 15.0 Å². The molecule has 0 radical (unpaired) electrons. The fraction of sp³-hybridized carbons (Fsp3) is 0.350. The third kappa shape index (κ3) is 5.26. The van der Waals surface area contributed by atoms with Gasteiger partial charge in [0.1, 0.15) is 18.2 Å². The van der Waals surface area contributed by atoms with Crippen molar-refractivity contribution in [2.24, 2.45) is 0 Å². The molecule has 0 aromatic heterocycles. The summed E-state index contributed by atoms with van der Waals surface area (Å²) in [6, 6.07) is 11.5. The van der Waals surface area contributed by atoms with Crippen LogP contribution in [-0.2, 0) is 0 Å². The third-order valence-electron chi connectivity index (χ3n) is 4.50. The van der Waals surface area contributed by atoms with Crippen LogP contribution in [0.15, 0.2) is 42.5 Å². The van der Waals surface area contributed by atoms with Crippen molar-refractivity contribution >= 4 is 29.0 Å². The minimum atomic E-state index is -0.317. The van der Waals surface area contributed by atoms with Crippen molar-refractivity contribution in [3.63, 3.8) is 0 Å². The van der Waals surface area contributed by atoms with Gasteiger partial charge in [0.2, 0.25) is 0 Å². The standard InChI is InChI=1S/C20H23ClFN3O2/c1-24(12-13-27-17-7-4-15(21)5-8-17)20(26)23-16-6-9-19(18(22)14-16)25-10-2-3-11-25/h4-9,14H,2-3,10-13H2,1H3,(H,23,26). The number of carbonyl (C=O) groups excluding carboxylic acids is 1. The maximum Gasteiger partial charge on any atom is 0.321 e. The Morgan fingerprint density at radius 1 is 1.22 bits per heavy atom. The number of ether oxygens (including phenoxy) is 1. The van der Waals surface area contributed by atoms with Crippen LogP contribution in [0.2, 0.25) is 5.02 Å². The molecule has 3 rings (SSSR count). The van der Waals surface area contributed by atoms with E-state index < -0.39 is 0 Å². The lowest BCUT2D eigenvalue weighted by Crippen LogP contribution is -2.34. The van der Waals surface area contributed by atoms with Gasteiger partial charge in [-0.25, -0.2) is 9.18 Å². The Morgan fingerprint density at radius 3 is 2.59 bits per heavy atom. The van der Waals surface area contributed by atoms with Crippen LogP contribution >= 0.6 is 11.6 Å². The summed E-state index contributed by atoms with van der Waals surface area (Å²) in [6.45, 7) is 2.48. The zero-order valence-corrected chi connectivity index (χ0v) is 16.0. The Hall–Kier alpha value is -2.47. The summed E-state index contributed by atoms with van der Waals surface area (Å²) in [5, 5.41) is 3.35. The van der Waals surface area contributed by atoms with Crippen LogP contribution in [0.4, 0.5) is 20.6 Å². The molecule has 1 aliphatic heterocycles. The molecular formula is C20H23ClFN3O2. The van der Waals surface area contributed by atoms with E-state index in [0.717, 1.165) is 25.9 Å². The van der Waals surface area contributed by atoms with Gasteiger partial charge in [0.05, 0.1) is 12.2 Å². The number of nitrogens with one attached hydrogen (secondary N) is 1. The molecule has 1 aliphatic rings. The molecule has 5 nitrogen and oxygen atoms in total. The Balaban J connectivity index is 1.48. The number of carbonyl (C=O) groups is 1. The number of amides is 2. The lowest BCUT2D eigenvalue weighted by Gasteiger charge is -2.20. The minimum Gasteiger partial charge on any atom is -0.492 e. The van der Waals surface area contributed by atoms with Gasteiger partial charge in [0.25, 0.3) is 0 Å². The van der Waals surface area contributed by atoms with Crippen molar-refractivity contribution in [1.29, 1.82) is 0 Å². The number of likely N-dealkylation sites (N-methyl/N-ethyl adjacent to an activating group) is 1. The van der Waals surface area contributed by atoms with E-state index in [0.29, 0.717) is 35.3 Å². The van der Waals surface area contributed by atoms with E-state index in [2.05, 4.69) is 5.32 Å². The molecule has 7 heteroatoms. The zero-order valence-electron chi connectivity index (χ0n) is 15.3. The molecular weight excluding hydrogens is 369 g/mol. The number of rotatable bonds is 6. The quantitative estimate of drug-likeness (QED) is 0.781. The first-order valence-electron chi connectivity index (χ1n) is 8.98. The molecule has 0 saturated carbocycles. The maximum absolute atomic E-state index is 14.3. The summed E-state index contributed by atoms with van der Waals surface area (Å²) in [6.07, 6.45) is 2.17. The topological polar surface area (TPSA) is 44.8 Å². The van der Waals surface area contributed by atoms with Gasteiger partial charge in [0, 0.05) is 30.8 Å². The van der Waals surface area contributed by atoms with Crippen LogP contribution in [0, 0.1) is 5.82 Å². The second-order valence-corrected chi connectivity index (χ2v) is 6.95. The first-order chi connectivity index (χ1) is 13.0. The number of hydrogen-bond donors (Lipinski definition) is 1. The molecule has 2 amide bonds. The Morgan fingerprint density at radius 2 is 1.93 bits per heavy atom. The van der Waals surface area contributed by atoms with Crippen LogP contribution in [-0.4, -0.2) is 44.2 Å². The molecule has 0 bridgehead atoms. The Labute approximate surface area is 163 Å². The van der Waals surface area contributed by atoms with E-state index in [1.165, 1.54) is 11.0 Å². The number of hydrogen-bond acceptors (Lipinski definition) is 3. The predicted octanol–water partition coefficient (Wildman–Crippen LogP) is 4.62. The highest BCUT2D eigenvalue weighted by Crippen LogP contribution is 2.26. The molecule has 1 N–H and O–H groups in total. The summed E-state index contributed by atoms with van der Waals surface area (Å²) in [5.74, 6) is 0.371. The van der Waals surface area contributed by atoms with E-state index >= 15 is 0 Å². The van der Waals surface area contributed by atoms with Crippen molar-refractivity contribution in [2.75, 3.05) is 43.5 Å². The van der Waals surface area contributed by atoms with Gasteiger partial charge in [-0.2, -0.15) is 0 Å². The summed E-state index contributed by atoms with van der Waals surface area (Å²) in [4.78, 5) is 15.8. The van der Waals surface area contributed by atoms with E-state index in [1.54, 1.807) is 43.4 Å². The van der Waals surface area contributed by atoms with E-state index in [4.69, 9.17) is 16.3 Å². The molecule has 144 valence electrons. The van der Waals surface area contributed by atoms with Crippen molar-refractivity contribution in [1.82, 2.24) is 4.90 Å². The fourth-order valence-corrected chi connectivity index (χ4v) is 3.08. The highest BCUT2D eigenvalue weighted by Gasteiger charge is 2.17. The monoisotopic (exact) mass is 391 g/mol. The molecule has 27 heavy (non-hydrogen) atoms. The van der Waals surface area contributed by atoms with E-state index in [-0.39, 0.29) is 11.8 Å². The summed E-state index contributed by atoms with van der Waals surface area (Å²) in [7, 11) is 1.66. The van der Waals surface area contributed by atoms with Gasteiger partial charge in [0.15, 0.2) is 0 Å². The minimum absolute atomic E-state index is 0.316. The molecule has 2 aromatic carbocycles. The first kappa shape index (κ1) is 19.3.